The summed E-state index contributed by atoms with van der Waals surface area (Å²) in [7, 11) is 3.64. The van der Waals surface area contributed by atoms with Crippen molar-refractivity contribution in [2.24, 2.45) is 7.05 Å². The van der Waals surface area contributed by atoms with Crippen LogP contribution in [0.5, 0.6) is 0 Å². The summed E-state index contributed by atoms with van der Waals surface area (Å²) in [6, 6.07) is 0.348. The number of amides is 1. The number of anilines is 1. The van der Waals surface area contributed by atoms with Crippen LogP contribution in [-0.2, 0) is 7.05 Å². The maximum absolute atomic E-state index is 12.5. The summed E-state index contributed by atoms with van der Waals surface area (Å²) in [6.45, 7) is 1.83. The first kappa shape index (κ1) is 12.9. The van der Waals surface area contributed by atoms with E-state index in [-0.39, 0.29) is 5.91 Å². The number of carbonyl (C=O) groups excluding carboxylic acids is 1. The van der Waals surface area contributed by atoms with Gasteiger partial charge in [-0.15, -0.1) is 0 Å². The smallest absolute Gasteiger partial charge is 0.274 e. The number of nitrogens with zero attached hydrogens (tertiary/aromatic N) is 3. The largest absolute Gasteiger partial charge is 0.395 e. The molecule has 2 rings (SSSR count). The third kappa shape index (κ3) is 2.21. The van der Waals surface area contributed by atoms with Gasteiger partial charge in [0.2, 0.25) is 0 Å². The van der Waals surface area contributed by atoms with Gasteiger partial charge in [-0.05, 0) is 19.8 Å². The van der Waals surface area contributed by atoms with Crippen LogP contribution in [0, 0.1) is 6.92 Å². The molecular weight excluding hydrogens is 228 g/mol. The zero-order valence-corrected chi connectivity index (χ0v) is 11.4. The molecule has 1 aliphatic rings. The van der Waals surface area contributed by atoms with Crippen molar-refractivity contribution in [2.75, 3.05) is 12.8 Å². The van der Waals surface area contributed by atoms with Crippen LogP contribution in [0.4, 0.5) is 5.69 Å². The average molecular weight is 250 g/mol. The first-order valence-electron chi connectivity index (χ1n) is 6.58. The minimum Gasteiger partial charge on any atom is -0.395 e. The van der Waals surface area contributed by atoms with E-state index in [0.717, 1.165) is 18.5 Å². The molecule has 0 radical (unpaired) electrons. The van der Waals surface area contributed by atoms with Crippen LogP contribution in [0.2, 0.25) is 0 Å². The van der Waals surface area contributed by atoms with Gasteiger partial charge in [0.05, 0.1) is 11.4 Å². The van der Waals surface area contributed by atoms with Crippen LogP contribution in [0.1, 0.15) is 48.3 Å². The molecule has 18 heavy (non-hydrogen) atoms. The van der Waals surface area contributed by atoms with Crippen LogP contribution < -0.4 is 5.73 Å². The van der Waals surface area contributed by atoms with Gasteiger partial charge in [-0.3, -0.25) is 9.48 Å². The Hall–Kier alpha value is -1.52. The highest BCUT2D eigenvalue weighted by atomic mass is 16.2. The zero-order chi connectivity index (χ0) is 13.3. The predicted octanol–water partition coefficient (Wildman–Crippen LogP) is 1.72. The van der Waals surface area contributed by atoms with E-state index in [1.54, 1.807) is 11.7 Å². The lowest BCUT2D eigenvalue weighted by Gasteiger charge is -2.31. The Kier molecular flexibility index (Phi) is 3.59. The SMILES string of the molecule is Cc1nn(C)c(C(=O)N(C)C2CCCCC2)c1N. The summed E-state index contributed by atoms with van der Waals surface area (Å²) in [4.78, 5) is 14.3. The van der Waals surface area contributed by atoms with Crippen molar-refractivity contribution in [3.63, 3.8) is 0 Å². The van der Waals surface area contributed by atoms with Gasteiger partial charge in [0.25, 0.3) is 5.91 Å². The number of hydrogen-bond donors (Lipinski definition) is 1. The highest BCUT2D eigenvalue weighted by Gasteiger charge is 2.27. The molecule has 5 nitrogen and oxygen atoms in total. The number of carbonyl (C=O) groups is 1. The third-order valence-corrected chi connectivity index (χ3v) is 3.91. The fourth-order valence-corrected chi connectivity index (χ4v) is 2.73. The molecule has 0 saturated heterocycles. The lowest BCUT2D eigenvalue weighted by Crippen LogP contribution is -2.39. The van der Waals surface area contributed by atoms with E-state index < -0.39 is 0 Å². The van der Waals surface area contributed by atoms with Gasteiger partial charge in [-0.1, -0.05) is 19.3 Å². The molecule has 1 aromatic rings. The van der Waals surface area contributed by atoms with Crippen molar-refractivity contribution in [2.45, 2.75) is 45.1 Å². The molecule has 0 spiro atoms. The monoisotopic (exact) mass is 250 g/mol. The number of nitrogens with two attached hydrogens (primary N) is 1. The minimum absolute atomic E-state index is 0.0116. The van der Waals surface area contributed by atoms with Crippen LogP contribution in [-0.4, -0.2) is 33.7 Å². The molecule has 1 aromatic heterocycles. The van der Waals surface area contributed by atoms with E-state index >= 15 is 0 Å². The summed E-state index contributed by atoms with van der Waals surface area (Å²) in [6.07, 6.45) is 5.90. The van der Waals surface area contributed by atoms with Crippen molar-refractivity contribution in [3.8, 4) is 0 Å². The quantitative estimate of drug-likeness (QED) is 0.869. The Morgan fingerprint density at radius 1 is 1.39 bits per heavy atom. The van der Waals surface area contributed by atoms with Crippen LogP contribution >= 0.6 is 0 Å². The average Bonchev–Trinajstić information content (AvgIpc) is 2.63. The van der Waals surface area contributed by atoms with Crippen molar-refractivity contribution in [1.29, 1.82) is 0 Å². The fraction of sp³-hybridized carbons (Fsp3) is 0.692. The maximum atomic E-state index is 12.5. The van der Waals surface area contributed by atoms with E-state index in [1.165, 1.54) is 19.3 Å². The number of nitrogen functional groups attached to an aromatic ring is 1. The highest BCUT2D eigenvalue weighted by molar-refractivity contribution is 5.98. The number of hydrogen-bond acceptors (Lipinski definition) is 3. The second-order valence-electron chi connectivity index (χ2n) is 5.18. The lowest BCUT2D eigenvalue weighted by atomic mass is 9.94. The Bertz CT molecular complexity index is 446. The first-order valence-corrected chi connectivity index (χ1v) is 6.58. The van der Waals surface area contributed by atoms with Gasteiger partial charge in [-0.2, -0.15) is 5.10 Å². The second-order valence-corrected chi connectivity index (χ2v) is 5.18. The Labute approximate surface area is 108 Å². The van der Waals surface area contributed by atoms with Gasteiger partial charge in [0, 0.05) is 20.1 Å². The first-order chi connectivity index (χ1) is 8.52. The lowest BCUT2D eigenvalue weighted by molar-refractivity contribution is 0.0686. The predicted molar refractivity (Wildman–Crippen MR) is 71.3 cm³/mol. The van der Waals surface area contributed by atoms with Crippen molar-refractivity contribution in [3.05, 3.63) is 11.4 Å². The molecule has 0 atom stereocenters. The van der Waals surface area contributed by atoms with Gasteiger partial charge >= 0.3 is 0 Å². The molecule has 2 N–H and O–H groups in total. The molecule has 1 saturated carbocycles. The summed E-state index contributed by atoms with van der Waals surface area (Å²) in [5.41, 5.74) is 7.68. The molecule has 0 aliphatic heterocycles. The van der Waals surface area contributed by atoms with Gasteiger partial charge in [0.1, 0.15) is 5.69 Å². The van der Waals surface area contributed by atoms with E-state index in [2.05, 4.69) is 5.10 Å². The molecular formula is C13H22N4O. The molecule has 0 bridgehead atoms. The Balaban J connectivity index is 2.19. The molecule has 1 amide bonds. The molecule has 0 unspecified atom stereocenters. The molecule has 1 fully saturated rings. The van der Waals surface area contributed by atoms with Crippen molar-refractivity contribution in [1.82, 2.24) is 14.7 Å². The number of aromatic nitrogens is 2. The summed E-state index contributed by atoms with van der Waals surface area (Å²) in [5.74, 6) is -0.0116. The summed E-state index contributed by atoms with van der Waals surface area (Å²) in [5, 5.41) is 4.20. The van der Waals surface area contributed by atoms with Crippen LogP contribution in [0.25, 0.3) is 0 Å². The van der Waals surface area contributed by atoms with Gasteiger partial charge in [-0.25, -0.2) is 0 Å². The van der Waals surface area contributed by atoms with Crippen LogP contribution in [0.3, 0.4) is 0 Å². The number of rotatable bonds is 2. The fourth-order valence-electron chi connectivity index (χ4n) is 2.73. The van der Waals surface area contributed by atoms with E-state index in [9.17, 15) is 4.79 Å². The van der Waals surface area contributed by atoms with E-state index in [1.807, 2.05) is 18.9 Å². The minimum atomic E-state index is -0.0116. The zero-order valence-electron chi connectivity index (χ0n) is 11.4. The highest BCUT2D eigenvalue weighted by Crippen LogP contribution is 2.24. The van der Waals surface area contributed by atoms with Crippen molar-refractivity contribution >= 4 is 11.6 Å². The second kappa shape index (κ2) is 5.00. The standard InChI is InChI=1S/C13H22N4O/c1-9-11(14)12(17(3)15-9)13(18)16(2)10-7-5-4-6-8-10/h10H,4-8,14H2,1-3H3. The van der Waals surface area contributed by atoms with Crippen molar-refractivity contribution < 1.29 is 4.79 Å². The molecule has 1 aliphatic carbocycles. The van der Waals surface area contributed by atoms with Gasteiger partial charge in [0.15, 0.2) is 0 Å². The Morgan fingerprint density at radius 3 is 2.50 bits per heavy atom. The topological polar surface area (TPSA) is 64.2 Å². The normalized spacial score (nSPS) is 16.8. The third-order valence-electron chi connectivity index (χ3n) is 3.91. The number of aryl methyl sites for hydroxylation is 2. The maximum Gasteiger partial charge on any atom is 0.274 e. The summed E-state index contributed by atoms with van der Waals surface area (Å²) < 4.78 is 1.59. The van der Waals surface area contributed by atoms with Gasteiger partial charge < -0.3 is 10.6 Å². The Morgan fingerprint density at radius 2 is 2.00 bits per heavy atom. The summed E-state index contributed by atoms with van der Waals surface area (Å²) >= 11 is 0. The molecule has 100 valence electrons. The van der Waals surface area contributed by atoms with Crippen LogP contribution in [0.15, 0.2) is 0 Å². The van der Waals surface area contributed by atoms with E-state index in [0.29, 0.717) is 17.4 Å². The molecule has 1 heterocycles. The molecule has 5 heteroatoms. The molecule has 0 aromatic carbocycles. The van der Waals surface area contributed by atoms with E-state index in [4.69, 9.17) is 5.73 Å².